The van der Waals surface area contributed by atoms with Gasteiger partial charge in [-0.3, -0.25) is 4.79 Å². The van der Waals surface area contributed by atoms with Crippen LogP contribution in [-0.4, -0.2) is 23.5 Å². The van der Waals surface area contributed by atoms with E-state index >= 15 is 0 Å². The maximum Gasteiger partial charge on any atom is 0.251 e. The van der Waals surface area contributed by atoms with Gasteiger partial charge in [-0.05, 0) is 37.8 Å². The third kappa shape index (κ3) is 4.10. The fraction of sp³-hybridized carbons (Fsp3) is 0.600. The van der Waals surface area contributed by atoms with E-state index in [-0.39, 0.29) is 11.9 Å². The maximum atomic E-state index is 12.3. The van der Waals surface area contributed by atoms with E-state index in [1.807, 2.05) is 6.92 Å². The number of carbonyl (C=O) groups is 1. The number of amides is 1. The number of nitrogens with one attached hydrogen (secondary N) is 2. The summed E-state index contributed by atoms with van der Waals surface area (Å²) in [5, 5.41) is 6.53. The van der Waals surface area contributed by atoms with Gasteiger partial charge in [-0.15, -0.1) is 0 Å². The van der Waals surface area contributed by atoms with Crippen molar-refractivity contribution in [2.24, 2.45) is 5.92 Å². The predicted octanol–water partition coefficient (Wildman–Crippen LogP) is 3.48. The van der Waals surface area contributed by atoms with E-state index in [2.05, 4.69) is 22.5 Å². The van der Waals surface area contributed by atoms with E-state index in [0.29, 0.717) is 22.5 Å². The van der Waals surface area contributed by atoms with Gasteiger partial charge in [0.05, 0.1) is 0 Å². The van der Waals surface area contributed by atoms with E-state index in [1.165, 1.54) is 12.8 Å². The maximum absolute atomic E-state index is 12.3. The highest BCUT2D eigenvalue weighted by Gasteiger charge is 2.21. The van der Waals surface area contributed by atoms with Crippen LogP contribution in [0.2, 0.25) is 5.15 Å². The number of halogens is 1. The van der Waals surface area contributed by atoms with Crippen LogP contribution in [0, 0.1) is 5.92 Å². The molecular weight excluding hydrogens is 274 g/mol. The minimum absolute atomic E-state index is 0.0625. The van der Waals surface area contributed by atoms with Gasteiger partial charge < -0.3 is 10.6 Å². The first-order valence-corrected chi connectivity index (χ1v) is 7.68. The van der Waals surface area contributed by atoms with Crippen molar-refractivity contribution in [2.75, 3.05) is 11.9 Å². The first-order chi connectivity index (χ1) is 9.58. The molecule has 110 valence electrons. The molecule has 5 heteroatoms. The number of rotatable bonds is 4. The van der Waals surface area contributed by atoms with Gasteiger partial charge in [-0.2, -0.15) is 0 Å². The number of hydrogen-bond acceptors (Lipinski definition) is 3. The second kappa shape index (κ2) is 6.93. The molecule has 1 saturated carbocycles. The molecule has 2 N–H and O–H groups in total. The standard InChI is InChI=1S/C15H22ClN3O/c1-3-17-14-9-11(8-13(16)19-14)15(20)18-12-6-4-5-10(2)7-12/h8-10,12H,3-7H2,1-2H3,(H,17,19)(H,18,20). The lowest BCUT2D eigenvalue weighted by Gasteiger charge is -2.27. The quantitative estimate of drug-likeness (QED) is 0.836. The Kier molecular flexibility index (Phi) is 5.24. The molecule has 1 fully saturated rings. The van der Waals surface area contributed by atoms with Crippen molar-refractivity contribution in [3.8, 4) is 0 Å². The summed E-state index contributed by atoms with van der Waals surface area (Å²) in [6, 6.07) is 3.64. The van der Waals surface area contributed by atoms with Crippen LogP contribution in [0.15, 0.2) is 12.1 Å². The first-order valence-electron chi connectivity index (χ1n) is 7.30. The normalized spacial score (nSPS) is 22.4. The predicted molar refractivity (Wildman–Crippen MR) is 82.3 cm³/mol. The molecule has 1 aromatic heterocycles. The van der Waals surface area contributed by atoms with Crippen LogP contribution in [0.5, 0.6) is 0 Å². The molecule has 1 heterocycles. The zero-order valence-electron chi connectivity index (χ0n) is 12.1. The Morgan fingerprint density at radius 1 is 1.45 bits per heavy atom. The van der Waals surface area contributed by atoms with Crippen LogP contribution in [0.1, 0.15) is 49.9 Å². The Balaban J connectivity index is 2.04. The van der Waals surface area contributed by atoms with Crippen LogP contribution >= 0.6 is 11.6 Å². The van der Waals surface area contributed by atoms with Gasteiger partial charge in [0.15, 0.2) is 0 Å². The van der Waals surface area contributed by atoms with E-state index < -0.39 is 0 Å². The third-order valence-corrected chi connectivity index (χ3v) is 3.88. The van der Waals surface area contributed by atoms with Gasteiger partial charge in [-0.25, -0.2) is 4.98 Å². The van der Waals surface area contributed by atoms with Gasteiger partial charge in [0.2, 0.25) is 0 Å². The van der Waals surface area contributed by atoms with E-state index in [9.17, 15) is 4.79 Å². The minimum atomic E-state index is -0.0625. The van der Waals surface area contributed by atoms with Crippen molar-refractivity contribution in [3.05, 3.63) is 22.8 Å². The molecule has 0 bridgehead atoms. The summed E-state index contributed by atoms with van der Waals surface area (Å²) in [4.78, 5) is 16.4. The van der Waals surface area contributed by atoms with Crippen molar-refractivity contribution < 1.29 is 4.79 Å². The van der Waals surface area contributed by atoms with Gasteiger partial charge in [0.25, 0.3) is 5.91 Å². The van der Waals surface area contributed by atoms with Gasteiger partial charge >= 0.3 is 0 Å². The highest BCUT2D eigenvalue weighted by molar-refractivity contribution is 6.29. The molecule has 0 aliphatic heterocycles. The van der Waals surface area contributed by atoms with Crippen LogP contribution in [-0.2, 0) is 0 Å². The van der Waals surface area contributed by atoms with E-state index in [4.69, 9.17) is 11.6 Å². The SMILES string of the molecule is CCNc1cc(C(=O)NC2CCCC(C)C2)cc(Cl)n1. The Morgan fingerprint density at radius 2 is 2.25 bits per heavy atom. The number of pyridine rings is 1. The first kappa shape index (κ1) is 15.1. The van der Waals surface area contributed by atoms with Crippen LogP contribution in [0.25, 0.3) is 0 Å². The van der Waals surface area contributed by atoms with Crippen molar-refractivity contribution in [3.63, 3.8) is 0 Å². The summed E-state index contributed by atoms with van der Waals surface area (Å²) in [6.07, 6.45) is 4.57. The van der Waals surface area contributed by atoms with Gasteiger partial charge in [-0.1, -0.05) is 31.4 Å². The van der Waals surface area contributed by atoms with E-state index in [1.54, 1.807) is 12.1 Å². The molecule has 2 atom stereocenters. The molecule has 2 unspecified atom stereocenters. The lowest BCUT2D eigenvalue weighted by molar-refractivity contribution is 0.0921. The number of hydrogen-bond donors (Lipinski definition) is 2. The van der Waals surface area contributed by atoms with Crippen molar-refractivity contribution in [1.82, 2.24) is 10.3 Å². The number of carbonyl (C=O) groups excluding carboxylic acids is 1. The summed E-state index contributed by atoms with van der Waals surface area (Å²) >= 11 is 5.96. The number of anilines is 1. The van der Waals surface area contributed by atoms with Crippen LogP contribution in [0.3, 0.4) is 0 Å². The largest absolute Gasteiger partial charge is 0.370 e. The molecule has 4 nitrogen and oxygen atoms in total. The Bertz CT molecular complexity index is 478. The smallest absolute Gasteiger partial charge is 0.251 e. The van der Waals surface area contributed by atoms with Gasteiger partial charge in [0, 0.05) is 18.2 Å². The molecule has 0 spiro atoms. The second-order valence-corrected chi connectivity index (χ2v) is 5.92. The lowest BCUT2D eigenvalue weighted by Crippen LogP contribution is -2.38. The highest BCUT2D eigenvalue weighted by atomic mass is 35.5. The highest BCUT2D eigenvalue weighted by Crippen LogP contribution is 2.24. The Morgan fingerprint density at radius 3 is 2.95 bits per heavy atom. The monoisotopic (exact) mass is 295 g/mol. The van der Waals surface area contributed by atoms with Crippen molar-refractivity contribution in [1.29, 1.82) is 0 Å². The Hall–Kier alpha value is -1.29. The molecule has 0 radical (unpaired) electrons. The molecule has 0 aromatic carbocycles. The lowest BCUT2D eigenvalue weighted by atomic mass is 9.87. The topological polar surface area (TPSA) is 54.0 Å². The molecule has 2 rings (SSSR count). The summed E-state index contributed by atoms with van der Waals surface area (Å²) in [5.74, 6) is 1.27. The fourth-order valence-electron chi connectivity index (χ4n) is 2.73. The van der Waals surface area contributed by atoms with Crippen LogP contribution in [0.4, 0.5) is 5.82 Å². The average molecular weight is 296 g/mol. The van der Waals surface area contributed by atoms with Crippen molar-refractivity contribution >= 4 is 23.3 Å². The zero-order chi connectivity index (χ0) is 14.5. The molecule has 1 aliphatic carbocycles. The summed E-state index contributed by atoms with van der Waals surface area (Å²) < 4.78 is 0. The second-order valence-electron chi connectivity index (χ2n) is 5.54. The summed E-state index contributed by atoms with van der Waals surface area (Å²) in [5.41, 5.74) is 0.569. The minimum Gasteiger partial charge on any atom is -0.370 e. The summed E-state index contributed by atoms with van der Waals surface area (Å²) in [7, 11) is 0. The third-order valence-electron chi connectivity index (χ3n) is 3.69. The molecule has 0 saturated heterocycles. The van der Waals surface area contributed by atoms with E-state index in [0.717, 1.165) is 19.4 Å². The zero-order valence-corrected chi connectivity index (χ0v) is 12.8. The fourth-order valence-corrected chi connectivity index (χ4v) is 2.94. The molecule has 1 aliphatic rings. The summed E-state index contributed by atoms with van der Waals surface area (Å²) in [6.45, 7) is 4.96. The van der Waals surface area contributed by atoms with Crippen LogP contribution < -0.4 is 10.6 Å². The molecule has 20 heavy (non-hydrogen) atoms. The molecule has 1 aromatic rings. The number of nitrogens with zero attached hydrogens (tertiary/aromatic N) is 1. The number of aromatic nitrogens is 1. The molecular formula is C15H22ClN3O. The molecule has 1 amide bonds. The average Bonchev–Trinajstić information content (AvgIpc) is 2.38. The van der Waals surface area contributed by atoms with Crippen molar-refractivity contribution in [2.45, 2.75) is 45.6 Å². The van der Waals surface area contributed by atoms with Gasteiger partial charge in [0.1, 0.15) is 11.0 Å². The Labute approximate surface area is 125 Å².